The fourth-order valence-electron chi connectivity index (χ4n) is 5.94. The number of aryl methyl sites for hydroxylation is 2. The molecular weight excluding hydrogens is 540 g/mol. The first kappa shape index (κ1) is 31.2. The van der Waals surface area contributed by atoms with Crippen molar-refractivity contribution in [1.29, 1.82) is 0 Å². The van der Waals surface area contributed by atoms with Gasteiger partial charge in [-0.1, -0.05) is 81.0 Å². The van der Waals surface area contributed by atoms with E-state index in [0.717, 1.165) is 53.9 Å². The molecule has 3 aromatic carbocycles. The largest absolute Gasteiger partial charge is 0.465 e. The van der Waals surface area contributed by atoms with Crippen LogP contribution in [0.3, 0.4) is 0 Å². The molecule has 0 aliphatic heterocycles. The maximum atomic E-state index is 6.47. The van der Waals surface area contributed by atoms with E-state index in [-0.39, 0.29) is 24.8 Å². The van der Waals surface area contributed by atoms with Crippen molar-refractivity contribution in [3.8, 4) is 23.0 Å². The van der Waals surface area contributed by atoms with Crippen molar-refractivity contribution < 1.29 is 28.4 Å². The Kier molecular flexibility index (Phi) is 11.2. The van der Waals surface area contributed by atoms with Gasteiger partial charge in [-0.05, 0) is 76.6 Å². The van der Waals surface area contributed by atoms with Gasteiger partial charge in [-0.3, -0.25) is 0 Å². The average Bonchev–Trinajstić information content (AvgIpc) is 3.01. The van der Waals surface area contributed by atoms with Gasteiger partial charge in [-0.15, -0.1) is 0 Å². The van der Waals surface area contributed by atoms with Crippen LogP contribution in [0.5, 0.6) is 23.0 Å². The molecule has 0 radical (unpaired) electrons. The molecule has 0 spiro atoms. The molecule has 0 aromatic heterocycles. The van der Waals surface area contributed by atoms with Gasteiger partial charge in [0.15, 0.2) is 12.6 Å². The van der Waals surface area contributed by atoms with E-state index in [0.29, 0.717) is 11.5 Å². The maximum absolute atomic E-state index is 6.47. The molecule has 2 aliphatic carbocycles. The Hall–Kier alpha value is -3.22. The molecule has 5 rings (SSSR count). The van der Waals surface area contributed by atoms with Crippen LogP contribution in [0.25, 0.3) is 0 Å². The second kappa shape index (κ2) is 15.5. The summed E-state index contributed by atoms with van der Waals surface area (Å²) in [6, 6.07) is 21.7. The van der Waals surface area contributed by atoms with Crippen molar-refractivity contribution in [1.82, 2.24) is 0 Å². The Morgan fingerprint density at radius 3 is 1.42 bits per heavy atom. The fourth-order valence-corrected chi connectivity index (χ4v) is 5.94. The topological polar surface area (TPSA) is 55.4 Å². The Bertz CT molecular complexity index is 1190. The Labute approximate surface area is 257 Å². The summed E-state index contributed by atoms with van der Waals surface area (Å²) in [7, 11) is 0. The Balaban J connectivity index is 1.28. The third-order valence-corrected chi connectivity index (χ3v) is 8.34. The van der Waals surface area contributed by atoms with Gasteiger partial charge < -0.3 is 28.4 Å². The van der Waals surface area contributed by atoms with Gasteiger partial charge in [-0.25, -0.2) is 0 Å². The van der Waals surface area contributed by atoms with Crippen LogP contribution < -0.4 is 18.9 Å². The molecule has 3 aromatic rings. The third-order valence-electron chi connectivity index (χ3n) is 8.34. The Morgan fingerprint density at radius 2 is 0.977 bits per heavy atom. The minimum absolute atomic E-state index is 0.268. The van der Waals surface area contributed by atoms with E-state index in [1.165, 1.54) is 38.5 Å². The first-order valence-corrected chi connectivity index (χ1v) is 16.2. The lowest BCUT2D eigenvalue weighted by Gasteiger charge is -2.27. The lowest BCUT2D eigenvalue weighted by atomic mass is 9.98. The number of hydrogen-bond acceptors (Lipinski definition) is 6. The van der Waals surface area contributed by atoms with E-state index >= 15 is 0 Å². The van der Waals surface area contributed by atoms with Gasteiger partial charge in [-0.2, -0.15) is 0 Å². The zero-order valence-corrected chi connectivity index (χ0v) is 26.3. The summed E-state index contributed by atoms with van der Waals surface area (Å²) in [6.45, 7) is 8.00. The highest BCUT2D eigenvalue weighted by Crippen LogP contribution is 2.33. The smallest absolute Gasteiger partial charge is 0.267 e. The monoisotopic (exact) mass is 588 g/mol. The lowest BCUT2D eigenvalue weighted by molar-refractivity contribution is -0.117. The van der Waals surface area contributed by atoms with Gasteiger partial charge in [0.1, 0.15) is 23.0 Å². The SMILES string of the molecule is Cc1ccc(OC(Oc2ccc(C)c(OC(C)OC3CCCCC3)c2)c2ccccc2)cc1OC(C)OC1CCCCC1. The molecular formula is C37H48O6. The molecule has 2 aliphatic rings. The molecule has 232 valence electrons. The summed E-state index contributed by atoms with van der Waals surface area (Å²) >= 11 is 0. The molecule has 2 unspecified atom stereocenters. The highest BCUT2D eigenvalue weighted by atomic mass is 16.7. The summed E-state index contributed by atoms with van der Waals surface area (Å²) in [5.41, 5.74) is 2.94. The third kappa shape index (κ3) is 9.38. The molecule has 0 bridgehead atoms. The van der Waals surface area contributed by atoms with Gasteiger partial charge >= 0.3 is 0 Å². The quantitative estimate of drug-likeness (QED) is 0.185. The number of ether oxygens (including phenoxy) is 6. The van der Waals surface area contributed by atoms with Crippen LogP contribution in [0, 0.1) is 13.8 Å². The second-order valence-corrected chi connectivity index (χ2v) is 12.0. The highest BCUT2D eigenvalue weighted by molar-refractivity contribution is 5.42. The van der Waals surface area contributed by atoms with Crippen molar-refractivity contribution in [2.75, 3.05) is 0 Å². The zero-order valence-electron chi connectivity index (χ0n) is 26.3. The fraction of sp³-hybridized carbons (Fsp3) is 0.514. The molecule has 2 atom stereocenters. The van der Waals surface area contributed by atoms with Crippen LogP contribution >= 0.6 is 0 Å². The van der Waals surface area contributed by atoms with Crippen LogP contribution in [-0.2, 0) is 9.47 Å². The van der Waals surface area contributed by atoms with E-state index in [1.54, 1.807) is 0 Å². The van der Waals surface area contributed by atoms with E-state index in [1.807, 2.05) is 94.4 Å². The second-order valence-electron chi connectivity index (χ2n) is 12.0. The van der Waals surface area contributed by atoms with Crippen molar-refractivity contribution in [2.24, 2.45) is 0 Å². The molecule has 2 fully saturated rings. The van der Waals surface area contributed by atoms with Crippen LogP contribution in [-0.4, -0.2) is 24.8 Å². The molecule has 0 heterocycles. The van der Waals surface area contributed by atoms with Crippen LogP contribution in [0.2, 0.25) is 0 Å². The van der Waals surface area contributed by atoms with Crippen molar-refractivity contribution in [3.63, 3.8) is 0 Å². The van der Waals surface area contributed by atoms with Gasteiger partial charge in [0, 0.05) is 17.7 Å². The highest BCUT2D eigenvalue weighted by Gasteiger charge is 2.21. The molecule has 6 heteroatoms. The first-order valence-electron chi connectivity index (χ1n) is 16.2. The van der Waals surface area contributed by atoms with Crippen molar-refractivity contribution >= 4 is 0 Å². The van der Waals surface area contributed by atoms with Gasteiger partial charge in [0.2, 0.25) is 0 Å². The molecule has 0 N–H and O–H groups in total. The summed E-state index contributed by atoms with van der Waals surface area (Å²) in [6.07, 6.45) is 11.1. The lowest BCUT2D eigenvalue weighted by Crippen LogP contribution is -2.26. The van der Waals surface area contributed by atoms with Gasteiger partial charge in [0.05, 0.1) is 12.2 Å². The van der Waals surface area contributed by atoms with E-state index in [4.69, 9.17) is 28.4 Å². The summed E-state index contributed by atoms with van der Waals surface area (Å²) in [4.78, 5) is 0. The zero-order chi connectivity index (χ0) is 30.0. The van der Waals surface area contributed by atoms with Crippen molar-refractivity contribution in [3.05, 3.63) is 83.4 Å². The summed E-state index contributed by atoms with van der Waals surface area (Å²) in [5.74, 6) is 2.78. The number of hydrogen-bond donors (Lipinski definition) is 0. The first-order chi connectivity index (χ1) is 20.9. The standard InChI is InChI=1S/C37H48O6/c1-26-20-22-33(24-35(26)40-28(3)38-31-16-10-6-11-17-31)42-37(30-14-8-5-9-15-30)43-34-23-21-27(2)36(25-34)41-29(4)39-32-18-12-7-13-19-32/h5,8-9,14-15,20-25,28-29,31-32,37H,6-7,10-13,16-19H2,1-4H3. The Morgan fingerprint density at radius 1 is 0.535 bits per heavy atom. The minimum Gasteiger partial charge on any atom is -0.465 e. The molecule has 2 saturated carbocycles. The summed E-state index contributed by atoms with van der Waals surface area (Å²) in [5, 5.41) is 0. The van der Waals surface area contributed by atoms with Gasteiger partial charge in [0.25, 0.3) is 6.29 Å². The number of rotatable bonds is 13. The summed E-state index contributed by atoms with van der Waals surface area (Å²) < 4.78 is 37.8. The molecule has 6 nitrogen and oxygen atoms in total. The van der Waals surface area contributed by atoms with Crippen LogP contribution in [0.4, 0.5) is 0 Å². The number of benzene rings is 3. The van der Waals surface area contributed by atoms with Crippen LogP contribution in [0.1, 0.15) is 101 Å². The molecule has 43 heavy (non-hydrogen) atoms. The average molecular weight is 589 g/mol. The molecule has 0 saturated heterocycles. The van der Waals surface area contributed by atoms with E-state index in [9.17, 15) is 0 Å². The van der Waals surface area contributed by atoms with Crippen LogP contribution in [0.15, 0.2) is 66.7 Å². The van der Waals surface area contributed by atoms with E-state index < -0.39 is 6.29 Å². The predicted octanol–water partition coefficient (Wildman–Crippen LogP) is 9.61. The van der Waals surface area contributed by atoms with Crippen molar-refractivity contribution in [2.45, 2.75) is 123 Å². The normalized spacial score (nSPS) is 18.4. The maximum Gasteiger partial charge on any atom is 0.267 e. The van der Waals surface area contributed by atoms with E-state index in [2.05, 4.69) is 0 Å². The minimum atomic E-state index is -0.681. The molecule has 0 amide bonds. The predicted molar refractivity (Wildman–Crippen MR) is 169 cm³/mol.